The molecule has 2 aromatic carbocycles. The topological polar surface area (TPSA) is 76.1 Å². The van der Waals surface area contributed by atoms with E-state index in [0.29, 0.717) is 28.0 Å². The van der Waals surface area contributed by atoms with Crippen LogP contribution in [-0.2, 0) is 0 Å². The van der Waals surface area contributed by atoms with Crippen molar-refractivity contribution in [2.24, 2.45) is 0 Å². The van der Waals surface area contributed by atoms with E-state index < -0.39 is 5.91 Å². The molecule has 1 aromatic heterocycles. The van der Waals surface area contributed by atoms with E-state index in [2.05, 4.69) is 20.8 Å². The number of anilines is 3. The minimum absolute atomic E-state index is 0.123. The number of benzene rings is 2. The van der Waals surface area contributed by atoms with E-state index in [0.717, 1.165) is 0 Å². The summed E-state index contributed by atoms with van der Waals surface area (Å²) in [5.74, 6) is 0.184. The molecule has 1 amide bonds. The minimum atomic E-state index is -0.448. The molecule has 0 aliphatic rings. The van der Waals surface area contributed by atoms with E-state index in [1.54, 1.807) is 31.4 Å². The summed E-state index contributed by atoms with van der Waals surface area (Å²) >= 11 is 5.99. The Kier molecular flexibility index (Phi) is 5.28. The van der Waals surface area contributed by atoms with Crippen LogP contribution in [0.15, 0.2) is 54.6 Å². The fraction of sp³-hybridized carbons (Fsp3) is 0.0556. The predicted octanol–water partition coefficient (Wildman–Crippen LogP) is 4.27. The number of carbonyl (C=O) groups is 1. The molecule has 0 spiro atoms. The van der Waals surface area contributed by atoms with Gasteiger partial charge in [0.2, 0.25) is 0 Å². The number of halogens is 2. The number of nitrogens with zero attached hydrogens (tertiary/aromatic N) is 2. The third kappa shape index (κ3) is 4.25. The zero-order chi connectivity index (χ0) is 18.5. The summed E-state index contributed by atoms with van der Waals surface area (Å²) in [6.45, 7) is 0. The van der Waals surface area contributed by atoms with E-state index >= 15 is 0 Å². The quantitative estimate of drug-likeness (QED) is 0.699. The zero-order valence-corrected chi connectivity index (χ0v) is 14.4. The number of methoxy groups -OCH3 is 1. The lowest BCUT2D eigenvalue weighted by molar-refractivity contribution is 0.102. The van der Waals surface area contributed by atoms with Crippen molar-refractivity contribution < 1.29 is 13.9 Å². The maximum Gasteiger partial charge on any atom is 0.276 e. The van der Waals surface area contributed by atoms with Gasteiger partial charge in [-0.2, -0.15) is 0 Å². The molecule has 132 valence electrons. The van der Waals surface area contributed by atoms with Crippen LogP contribution in [-0.4, -0.2) is 23.2 Å². The first-order valence-electron chi connectivity index (χ1n) is 7.56. The standard InChI is InChI=1S/C18H14ClFN4O2/c1-26-16-8-2-11(19)10-15(16)22-17-9-7-14(23-24-17)18(25)21-13-5-3-12(20)4-6-13/h2-10H,1H3,(H,21,25)(H,22,24). The van der Waals surface area contributed by atoms with Crippen molar-refractivity contribution in [2.75, 3.05) is 17.7 Å². The Hall–Kier alpha value is -3.19. The minimum Gasteiger partial charge on any atom is -0.495 e. The molecule has 8 heteroatoms. The highest BCUT2D eigenvalue weighted by molar-refractivity contribution is 6.31. The van der Waals surface area contributed by atoms with Gasteiger partial charge in [-0.3, -0.25) is 4.79 Å². The van der Waals surface area contributed by atoms with Gasteiger partial charge < -0.3 is 15.4 Å². The molecule has 0 aliphatic carbocycles. The molecule has 0 aliphatic heterocycles. The molecule has 0 atom stereocenters. The number of nitrogens with one attached hydrogen (secondary N) is 2. The maximum absolute atomic E-state index is 12.9. The summed E-state index contributed by atoms with van der Waals surface area (Å²) < 4.78 is 18.1. The van der Waals surface area contributed by atoms with Gasteiger partial charge in [-0.25, -0.2) is 4.39 Å². The number of hydrogen-bond acceptors (Lipinski definition) is 5. The number of aromatic nitrogens is 2. The number of amides is 1. The highest BCUT2D eigenvalue weighted by Crippen LogP contribution is 2.29. The van der Waals surface area contributed by atoms with Crippen LogP contribution in [0.3, 0.4) is 0 Å². The first-order chi connectivity index (χ1) is 12.5. The maximum atomic E-state index is 12.9. The first-order valence-corrected chi connectivity index (χ1v) is 7.94. The van der Waals surface area contributed by atoms with Gasteiger partial charge in [-0.1, -0.05) is 11.6 Å². The Balaban J connectivity index is 1.71. The molecule has 0 bridgehead atoms. The predicted molar refractivity (Wildman–Crippen MR) is 97.7 cm³/mol. The van der Waals surface area contributed by atoms with Gasteiger partial charge in [-0.15, -0.1) is 10.2 Å². The summed E-state index contributed by atoms with van der Waals surface area (Å²) in [6.07, 6.45) is 0. The number of ether oxygens (including phenoxy) is 1. The molecule has 0 fully saturated rings. The van der Waals surface area contributed by atoms with Gasteiger partial charge >= 0.3 is 0 Å². The smallest absolute Gasteiger partial charge is 0.276 e. The van der Waals surface area contributed by atoms with Crippen molar-refractivity contribution in [2.45, 2.75) is 0 Å². The molecule has 0 radical (unpaired) electrons. The normalized spacial score (nSPS) is 10.3. The summed E-state index contributed by atoms with van der Waals surface area (Å²) in [7, 11) is 1.54. The van der Waals surface area contributed by atoms with Crippen molar-refractivity contribution in [3.8, 4) is 5.75 Å². The average Bonchev–Trinajstić information content (AvgIpc) is 2.64. The van der Waals surface area contributed by atoms with Crippen molar-refractivity contribution in [3.63, 3.8) is 0 Å². The second-order valence-electron chi connectivity index (χ2n) is 5.23. The van der Waals surface area contributed by atoms with E-state index in [1.165, 1.54) is 30.3 Å². The van der Waals surface area contributed by atoms with Crippen LogP contribution < -0.4 is 15.4 Å². The number of hydrogen-bond donors (Lipinski definition) is 2. The van der Waals surface area contributed by atoms with Gasteiger partial charge in [-0.05, 0) is 54.6 Å². The lowest BCUT2D eigenvalue weighted by atomic mass is 10.2. The molecular weight excluding hydrogens is 359 g/mol. The Morgan fingerprint density at radius 3 is 2.50 bits per heavy atom. The van der Waals surface area contributed by atoms with Crippen molar-refractivity contribution in [1.29, 1.82) is 0 Å². The van der Waals surface area contributed by atoms with Crippen LogP contribution in [0.5, 0.6) is 5.75 Å². The third-order valence-corrected chi connectivity index (χ3v) is 3.66. The third-order valence-electron chi connectivity index (χ3n) is 3.42. The summed E-state index contributed by atoms with van der Waals surface area (Å²) in [6, 6.07) is 13.7. The highest BCUT2D eigenvalue weighted by Gasteiger charge is 2.10. The highest BCUT2D eigenvalue weighted by atomic mass is 35.5. The second kappa shape index (κ2) is 7.79. The molecule has 2 N–H and O–H groups in total. The molecule has 1 heterocycles. The fourth-order valence-corrected chi connectivity index (χ4v) is 2.34. The first kappa shape index (κ1) is 17.6. The Bertz CT molecular complexity index is 917. The van der Waals surface area contributed by atoms with Crippen LogP contribution in [0, 0.1) is 5.82 Å². The summed E-state index contributed by atoms with van der Waals surface area (Å²) in [5, 5.41) is 14.1. The van der Waals surface area contributed by atoms with Crippen LogP contribution in [0.2, 0.25) is 5.02 Å². The molecule has 0 saturated heterocycles. The molecule has 0 saturated carbocycles. The Morgan fingerprint density at radius 1 is 1.08 bits per heavy atom. The lowest BCUT2D eigenvalue weighted by Gasteiger charge is -2.10. The summed E-state index contributed by atoms with van der Waals surface area (Å²) in [4.78, 5) is 12.1. The van der Waals surface area contributed by atoms with E-state index in [1.807, 2.05) is 0 Å². The van der Waals surface area contributed by atoms with Crippen LogP contribution in [0.1, 0.15) is 10.5 Å². The van der Waals surface area contributed by atoms with E-state index in [4.69, 9.17) is 16.3 Å². The van der Waals surface area contributed by atoms with Gasteiger partial charge in [0.05, 0.1) is 12.8 Å². The number of rotatable bonds is 5. The van der Waals surface area contributed by atoms with Gasteiger partial charge in [0.25, 0.3) is 5.91 Å². The van der Waals surface area contributed by atoms with Crippen LogP contribution >= 0.6 is 11.6 Å². The van der Waals surface area contributed by atoms with E-state index in [9.17, 15) is 9.18 Å². The molecule has 3 aromatic rings. The molecule has 0 unspecified atom stereocenters. The van der Waals surface area contributed by atoms with Crippen LogP contribution in [0.4, 0.5) is 21.6 Å². The molecule has 6 nitrogen and oxygen atoms in total. The van der Waals surface area contributed by atoms with Crippen molar-refractivity contribution in [1.82, 2.24) is 10.2 Å². The Labute approximate surface area is 154 Å². The van der Waals surface area contributed by atoms with Gasteiger partial charge in [0, 0.05) is 10.7 Å². The number of carbonyl (C=O) groups excluding carboxylic acids is 1. The lowest BCUT2D eigenvalue weighted by Crippen LogP contribution is -2.14. The van der Waals surface area contributed by atoms with Crippen molar-refractivity contribution >= 4 is 34.7 Å². The Morgan fingerprint density at radius 2 is 1.85 bits per heavy atom. The second-order valence-corrected chi connectivity index (χ2v) is 5.67. The fourth-order valence-electron chi connectivity index (χ4n) is 2.16. The van der Waals surface area contributed by atoms with Crippen molar-refractivity contribution in [3.05, 3.63) is 71.1 Å². The van der Waals surface area contributed by atoms with Crippen LogP contribution in [0.25, 0.3) is 0 Å². The van der Waals surface area contributed by atoms with Gasteiger partial charge in [0.1, 0.15) is 11.6 Å². The van der Waals surface area contributed by atoms with E-state index in [-0.39, 0.29) is 11.5 Å². The monoisotopic (exact) mass is 372 g/mol. The molecule has 3 rings (SSSR count). The zero-order valence-electron chi connectivity index (χ0n) is 13.7. The average molecular weight is 373 g/mol. The molecule has 26 heavy (non-hydrogen) atoms. The SMILES string of the molecule is COc1ccc(Cl)cc1Nc1ccc(C(=O)Nc2ccc(F)cc2)nn1. The molecular formula is C18H14ClFN4O2. The summed E-state index contributed by atoms with van der Waals surface area (Å²) in [5.41, 5.74) is 1.21. The van der Waals surface area contributed by atoms with Gasteiger partial charge in [0.15, 0.2) is 11.5 Å². The largest absolute Gasteiger partial charge is 0.495 e.